The first kappa shape index (κ1) is 17.4. The van der Waals surface area contributed by atoms with Crippen LogP contribution in [0.4, 0.5) is 0 Å². The lowest BCUT2D eigenvalue weighted by Gasteiger charge is -2.12. The Balaban J connectivity index is 0.00000200. The number of benzene rings is 1. The Labute approximate surface area is 126 Å². The lowest BCUT2D eigenvalue weighted by Crippen LogP contribution is -2.36. The Morgan fingerprint density at radius 2 is 2.05 bits per heavy atom. The molecule has 0 aliphatic carbocycles. The highest BCUT2D eigenvalue weighted by Crippen LogP contribution is 2.13. The average molecular weight is 321 g/mol. The Kier molecular flexibility index (Phi) is 6.91. The lowest BCUT2D eigenvalue weighted by atomic mass is 10.2. The smallest absolute Gasteiger partial charge is 0.240 e. The summed E-state index contributed by atoms with van der Waals surface area (Å²) in [7, 11) is -1.75. The van der Waals surface area contributed by atoms with E-state index in [-0.39, 0.29) is 18.4 Å². The summed E-state index contributed by atoms with van der Waals surface area (Å²) in [5.74, 6) is 0. The molecular formula is C13H21ClN2O3S. The van der Waals surface area contributed by atoms with E-state index in [2.05, 4.69) is 10.0 Å². The van der Waals surface area contributed by atoms with Crippen LogP contribution in [-0.2, 0) is 21.2 Å². The number of rotatable bonds is 6. The van der Waals surface area contributed by atoms with Gasteiger partial charge in [-0.15, -0.1) is 12.4 Å². The summed E-state index contributed by atoms with van der Waals surface area (Å²) in [5.41, 5.74) is 1.07. The fraction of sp³-hybridized carbons (Fsp3) is 0.538. The molecule has 1 atom stereocenters. The summed E-state index contributed by atoms with van der Waals surface area (Å²) in [4.78, 5) is 0.320. The zero-order valence-corrected chi connectivity index (χ0v) is 13.1. The molecule has 0 amide bonds. The molecule has 1 unspecified atom stereocenters. The van der Waals surface area contributed by atoms with Crippen molar-refractivity contribution in [1.29, 1.82) is 0 Å². The third-order valence-corrected chi connectivity index (χ3v) is 4.75. The molecule has 1 aromatic rings. The maximum atomic E-state index is 12.1. The van der Waals surface area contributed by atoms with Crippen molar-refractivity contribution in [2.45, 2.75) is 23.8 Å². The number of hydrogen-bond acceptors (Lipinski definition) is 4. The van der Waals surface area contributed by atoms with Crippen LogP contribution < -0.4 is 10.0 Å². The van der Waals surface area contributed by atoms with Crippen molar-refractivity contribution >= 4 is 22.4 Å². The van der Waals surface area contributed by atoms with Gasteiger partial charge < -0.3 is 10.1 Å². The second kappa shape index (κ2) is 7.95. The van der Waals surface area contributed by atoms with Gasteiger partial charge in [0, 0.05) is 19.7 Å². The molecule has 0 radical (unpaired) electrons. The van der Waals surface area contributed by atoms with Crippen LogP contribution in [0.3, 0.4) is 0 Å². The minimum atomic E-state index is -3.40. The fourth-order valence-corrected chi connectivity index (χ4v) is 3.37. The predicted molar refractivity (Wildman–Crippen MR) is 80.9 cm³/mol. The van der Waals surface area contributed by atoms with E-state index in [1.54, 1.807) is 19.2 Å². The molecule has 1 fully saturated rings. The van der Waals surface area contributed by atoms with E-state index in [0.29, 0.717) is 18.0 Å². The standard InChI is InChI=1S/C13H20N2O3S.ClH/c1-18-9-7-11-2-4-13(5-3-11)19(16,17)15-12-6-8-14-10-12;/h2-5,12,14-15H,6-10H2,1H3;1H. The Morgan fingerprint density at radius 3 is 2.60 bits per heavy atom. The molecule has 2 N–H and O–H groups in total. The third kappa shape index (κ3) is 4.71. The summed E-state index contributed by atoms with van der Waals surface area (Å²) in [6.45, 7) is 2.20. The van der Waals surface area contributed by atoms with E-state index < -0.39 is 10.0 Å². The predicted octanol–water partition coefficient (Wildman–Crippen LogP) is 0.938. The first-order chi connectivity index (χ1) is 9.12. The number of nitrogens with one attached hydrogen (secondary N) is 2. The lowest BCUT2D eigenvalue weighted by molar-refractivity contribution is 0.202. The van der Waals surface area contributed by atoms with Gasteiger partial charge in [0.15, 0.2) is 0 Å². The Bertz CT molecular complexity index is 499. The Hall–Kier alpha value is -0.660. The number of methoxy groups -OCH3 is 1. The van der Waals surface area contributed by atoms with E-state index in [9.17, 15) is 8.42 Å². The molecule has 0 bridgehead atoms. The molecule has 7 heteroatoms. The zero-order valence-electron chi connectivity index (χ0n) is 11.5. The average Bonchev–Trinajstić information content (AvgIpc) is 2.89. The first-order valence-corrected chi connectivity index (χ1v) is 7.91. The molecule has 1 aromatic carbocycles. The zero-order chi connectivity index (χ0) is 13.7. The van der Waals surface area contributed by atoms with Crippen molar-refractivity contribution in [2.75, 3.05) is 26.8 Å². The van der Waals surface area contributed by atoms with Crippen LogP contribution in [0.5, 0.6) is 0 Å². The van der Waals surface area contributed by atoms with Crippen molar-refractivity contribution in [3.05, 3.63) is 29.8 Å². The van der Waals surface area contributed by atoms with Gasteiger partial charge in [-0.1, -0.05) is 12.1 Å². The molecule has 2 rings (SSSR count). The van der Waals surface area contributed by atoms with Gasteiger partial charge in [0.25, 0.3) is 0 Å². The molecule has 0 saturated carbocycles. The monoisotopic (exact) mass is 320 g/mol. The first-order valence-electron chi connectivity index (χ1n) is 6.43. The van der Waals surface area contributed by atoms with Crippen molar-refractivity contribution < 1.29 is 13.2 Å². The van der Waals surface area contributed by atoms with Crippen LogP contribution in [0.2, 0.25) is 0 Å². The summed E-state index contributed by atoms with van der Waals surface area (Å²) in [5, 5.41) is 3.14. The third-order valence-electron chi connectivity index (χ3n) is 3.21. The molecule has 1 saturated heterocycles. The van der Waals surface area contributed by atoms with Crippen LogP contribution in [0.25, 0.3) is 0 Å². The van der Waals surface area contributed by atoms with Crippen molar-refractivity contribution in [3.8, 4) is 0 Å². The van der Waals surface area contributed by atoms with Crippen LogP contribution in [0, 0.1) is 0 Å². The second-order valence-electron chi connectivity index (χ2n) is 4.70. The summed E-state index contributed by atoms with van der Waals surface area (Å²) in [6, 6.07) is 6.96. The summed E-state index contributed by atoms with van der Waals surface area (Å²) >= 11 is 0. The number of halogens is 1. The molecule has 5 nitrogen and oxygen atoms in total. The van der Waals surface area contributed by atoms with Crippen LogP contribution in [0.1, 0.15) is 12.0 Å². The van der Waals surface area contributed by atoms with Gasteiger partial charge in [0.1, 0.15) is 0 Å². The maximum absolute atomic E-state index is 12.1. The van der Waals surface area contributed by atoms with E-state index in [1.165, 1.54) is 0 Å². The highest BCUT2D eigenvalue weighted by molar-refractivity contribution is 7.89. The van der Waals surface area contributed by atoms with Gasteiger partial charge in [0.2, 0.25) is 10.0 Å². The van der Waals surface area contributed by atoms with E-state index >= 15 is 0 Å². The molecule has 1 aliphatic rings. The van der Waals surface area contributed by atoms with Gasteiger partial charge in [-0.2, -0.15) is 0 Å². The van der Waals surface area contributed by atoms with Crippen molar-refractivity contribution in [3.63, 3.8) is 0 Å². The SMILES string of the molecule is COCCc1ccc(S(=O)(=O)NC2CCNC2)cc1.Cl. The minimum Gasteiger partial charge on any atom is -0.384 e. The van der Waals surface area contributed by atoms with Crippen LogP contribution in [0.15, 0.2) is 29.2 Å². The number of hydrogen-bond donors (Lipinski definition) is 2. The van der Waals surface area contributed by atoms with E-state index in [4.69, 9.17) is 4.74 Å². The topological polar surface area (TPSA) is 67.4 Å². The number of sulfonamides is 1. The number of ether oxygens (including phenoxy) is 1. The van der Waals surface area contributed by atoms with Gasteiger partial charge in [-0.25, -0.2) is 13.1 Å². The normalized spacial score (nSPS) is 18.8. The highest BCUT2D eigenvalue weighted by atomic mass is 35.5. The van der Waals surface area contributed by atoms with Crippen molar-refractivity contribution in [1.82, 2.24) is 10.0 Å². The molecule has 1 aliphatic heterocycles. The van der Waals surface area contributed by atoms with Crippen molar-refractivity contribution in [2.24, 2.45) is 0 Å². The molecular weight excluding hydrogens is 300 g/mol. The fourth-order valence-electron chi connectivity index (χ4n) is 2.10. The maximum Gasteiger partial charge on any atom is 0.240 e. The molecule has 0 spiro atoms. The molecule has 0 aromatic heterocycles. The molecule has 20 heavy (non-hydrogen) atoms. The second-order valence-corrected chi connectivity index (χ2v) is 6.41. The quantitative estimate of drug-likeness (QED) is 0.818. The van der Waals surface area contributed by atoms with Crippen LogP contribution >= 0.6 is 12.4 Å². The largest absolute Gasteiger partial charge is 0.384 e. The summed E-state index contributed by atoms with van der Waals surface area (Å²) < 4.78 is 32.0. The molecule has 114 valence electrons. The minimum absolute atomic E-state index is 0. The van der Waals surface area contributed by atoms with E-state index in [1.807, 2.05) is 12.1 Å². The van der Waals surface area contributed by atoms with Gasteiger partial charge in [-0.3, -0.25) is 0 Å². The van der Waals surface area contributed by atoms with Gasteiger partial charge in [0.05, 0.1) is 11.5 Å². The molecule has 1 heterocycles. The van der Waals surface area contributed by atoms with Crippen LogP contribution in [-0.4, -0.2) is 41.3 Å². The van der Waals surface area contributed by atoms with E-state index in [0.717, 1.165) is 24.9 Å². The summed E-state index contributed by atoms with van der Waals surface area (Å²) in [6.07, 6.45) is 1.63. The van der Waals surface area contributed by atoms with Gasteiger partial charge >= 0.3 is 0 Å². The highest BCUT2D eigenvalue weighted by Gasteiger charge is 2.22. The Morgan fingerprint density at radius 1 is 1.35 bits per heavy atom. The van der Waals surface area contributed by atoms with Gasteiger partial charge in [-0.05, 0) is 37.1 Å².